The summed E-state index contributed by atoms with van der Waals surface area (Å²) in [6, 6.07) is 6.50. The second-order valence-corrected chi connectivity index (χ2v) is 5.22. The summed E-state index contributed by atoms with van der Waals surface area (Å²) in [5, 5.41) is 4.56. The van der Waals surface area contributed by atoms with Crippen molar-refractivity contribution < 1.29 is 68.9 Å². The summed E-state index contributed by atoms with van der Waals surface area (Å²) in [4.78, 5) is 4.55. The van der Waals surface area contributed by atoms with E-state index in [2.05, 4.69) is 47.9 Å². The molecule has 0 spiro atoms. The summed E-state index contributed by atoms with van der Waals surface area (Å²) < 4.78 is 0. The number of hydrogen-bond donors (Lipinski definition) is 2. The Bertz CT molecular complexity index is 470. The molecule has 0 radical (unpaired) electrons. The van der Waals surface area contributed by atoms with Gasteiger partial charge in [0.2, 0.25) is 0 Å². The molecule has 3 rings (SSSR count). The third-order valence-corrected chi connectivity index (χ3v) is 3.78. The van der Waals surface area contributed by atoms with Crippen LogP contribution < -0.4 is 74.2 Å². The topological polar surface area (TPSA) is 27.8 Å². The van der Waals surface area contributed by atoms with Gasteiger partial charge in [0.05, 0.1) is 0 Å². The Labute approximate surface area is 180 Å². The molecule has 0 bridgehead atoms. The van der Waals surface area contributed by atoms with Gasteiger partial charge >= 0.3 is 68.9 Å². The molecule has 19 heavy (non-hydrogen) atoms. The first-order chi connectivity index (χ1) is 8.31. The van der Waals surface area contributed by atoms with Crippen molar-refractivity contribution in [3.8, 4) is 0 Å². The molecule has 0 aliphatic carbocycles. The molecule has 2 aromatic rings. The molecule has 1 aliphatic heterocycles. The van der Waals surface area contributed by atoms with Crippen molar-refractivity contribution in [1.29, 1.82) is 0 Å². The third-order valence-electron chi connectivity index (χ3n) is 3.05. The van der Waals surface area contributed by atoms with Gasteiger partial charge in [-0.25, -0.2) is 0 Å². The van der Waals surface area contributed by atoms with Crippen LogP contribution in [0.4, 0.5) is 0 Å². The van der Waals surface area contributed by atoms with Gasteiger partial charge < -0.3 is 17.7 Å². The number of aromatic nitrogens is 1. The molecule has 2 heterocycles. The number of rotatable bonds is 1. The number of nitrogens with one attached hydrogen (secondary N) is 2. The van der Waals surface area contributed by atoms with Crippen LogP contribution in [0.15, 0.2) is 29.3 Å². The van der Waals surface area contributed by atoms with Crippen LogP contribution >= 0.6 is 11.8 Å². The standard InChI is InChI=1S/C10H11NS.C4H9N.CH3.Cs/c1-7-6-11-10-4-3-8(12-2)5-9(7)10;1-2-4-5-3-1;;/h3-6,11H,1-2H3;5H,1-4H2;1H3;/q;;-1;+1. The number of hydrogen-bond acceptors (Lipinski definition) is 2. The van der Waals surface area contributed by atoms with E-state index >= 15 is 0 Å². The molecule has 0 atom stereocenters. The minimum atomic E-state index is 0. The van der Waals surface area contributed by atoms with Crippen LogP contribution in [0, 0.1) is 14.4 Å². The van der Waals surface area contributed by atoms with Gasteiger partial charge in [-0.2, -0.15) is 0 Å². The van der Waals surface area contributed by atoms with Crippen LogP contribution in [-0.2, 0) is 0 Å². The summed E-state index contributed by atoms with van der Waals surface area (Å²) >= 11 is 1.78. The Morgan fingerprint density at radius 1 is 1.16 bits per heavy atom. The molecule has 2 nitrogen and oxygen atoms in total. The third kappa shape index (κ3) is 6.18. The SMILES string of the molecule is C1CCNC1.CSc1ccc2[nH]cc(C)c2c1.[CH3-].[Cs+]. The van der Waals surface area contributed by atoms with Gasteiger partial charge in [-0.1, -0.05) is 0 Å². The van der Waals surface area contributed by atoms with E-state index < -0.39 is 0 Å². The summed E-state index contributed by atoms with van der Waals surface area (Å²) in [5.74, 6) is 0. The quantitative estimate of drug-likeness (QED) is 0.557. The van der Waals surface area contributed by atoms with Crippen LogP contribution in [-0.4, -0.2) is 24.3 Å². The second-order valence-electron chi connectivity index (χ2n) is 4.34. The van der Waals surface area contributed by atoms with E-state index in [0.29, 0.717) is 0 Å². The maximum absolute atomic E-state index is 3.23. The maximum Gasteiger partial charge on any atom is 1.00 e. The van der Waals surface area contributed by atoms with Gasteiger partial charge in [0.25, 0.3) is 0 Å². The van der Waals surface area contributed by atoms with E-state index in [1.54, 1.807) is 11.8 Å². The summed E-state index contributed by atoms with van der Waals surface area (Å²) in [7, 11) is 0. The molecule has 1 fully saturated rings. The normalized spacial score (nSPS) is 13.2. The summed E-state index contributed by atoms with van der Waals surface area (Å²) in [6.45, 7) is 4.63. The van der Waals surface area contributed by atoms with Gasteiger partial charge in [0, 0.05) is 22.0 Å². The van der Waals surface area contributed by atoms with E-state index in [4.69, 9.17) is 0 Å². The first kappa shape index (κ1) is 20.1. The molecule has 4 heteroatoms. The monoisotopic (exact) mass is 396 g/mol. The van der Waals surface area contributed by atoms with Gasteiger partial charge in [-0.3, -0.25) is 0 Å². The van der Waals surface area contributed by atoms with E-state index in [9.17, 15) is 0 Å². The molecule has 0 saturated carbocycles. The van der Waals surface area contributed by atoms with Crippen LogP contribution in [0.3, 0.4) is 0 Å². The van der Waals surface area contributed by atoms with E-state index in [-0.39, 0.29) is 76.3 Å². The predicted octanol–water partition coefficient (Wildman–Crippen LogP) is 1.02. The Balaban J connectivity index is 0.000000399. The number of thioether (sulfide) groups is 1. The first-order valence-corrected chi connectivity index (χ1v) is 7.36. The average Bonchev–Trinajstić information content (AvgIpc) is 3.03. The van der Waals surface area contributed by atoms with Crippen molar-refractivity contribution in [1.82, 2.24) is 10.3 Å². The van der Waals surface area contributed by atoms with Crippen LogP contribution in [0.25, 0.3) is 10.9 Å². The van der Waals surface area contributed by atoms with Crippen molar-refractivity contribution >= 4 is 22.7 Å². The van der Waals surface area contributed by atoms with Crippen molar-refractivity contribution in [2.75, 3.05) is 19.3 Å². The number of benzene rings is 1. The van der Waals surface area contributed by atoms with E-state index in [0.717, 1.165) is 0 Å². The minimum absolute atomic E-state index is 0. The van der Waals surface area contributed by atoms with Gasteiger partial charge in [0.1, 0.15) is 0 Å². The van der Waals surface area contributed by atoms with E-state index in [1.165, 1.54) is 47.3 Å². The molecule has 1 aromatic heterocycles. The Morgan fingerprint density at radius 3 is 2.37 bits per heavy atom. The smallest absolute Gasteiger partial charge is 0.361 e. The summed E-state index contributed by atoms with van der Waals surface area (Å²) in [5.41, 5.74) is 2.55. The molecule has 1 aliphatic rings. The molecule has 1 aromatic carbocycles. The Kier molecular flexibility index (Phi) is 11.4. The molecule has 1 saturated heterocycles. The molecule has 0 unspecified atom stereocenters. The molecular formula is C15H23CsN2S. The zero-order valence-electron chi connectivity index (χ0n) is 12.5. The number of aromatic amines is 1. The molecule has 0 amide bonds. The fourth-order valence-electron chi connectivity index (χ4n) is 1.99. The molecule has 2 N–H and O–H groups in total. The van der Waals surface area contributed by atoms with Crippen molar-refractivity contribution in [3.63, 3.8) is 0 Å². The van der Waals surface area contributed by atoms with Gasteiger partial charge in [-0.15, -0.1) is 11.8 Å². The zero-order chi connectivity index (χ0) is 12.1. The fourth-order valence-corrected chi connectivity index (χ4v) is 2.43. The average molecular weight is 396 g/mol. The van der Waals surface area contributed by atoms with Crippen molar-refractivity contribution in [2.24, 2.45) is 0 Å². The molecular weight excluding hydrogens is 373 g/mol. The maximum atomic E-state index is 3.23. The van der Waals surface area contributed by atoms with Crippen LogP contribution in [0.2, 0.25) is 0 Å². The van der Waals surface area contributed by atoms with Crippen molar-refractivity contribution in [2.45, 2.75) is 24.7 Å². The second kappa shape index (κ2) is 10.8. The molecule has 100 valence electrons. The first-order valence-electron chi connectivity index (χ1n) is 6.13. The number of aryl methyl sites for hydroxylation is 1. The van der Waals surface area contributed by atoms with Crippen LogP contribution in [0.5, 0.6) is 0 Å². The van der Waals surface area contributed by atoms with Crippen molar-refractivity contribution in [3.05, 3.63) is 37.4 Å². The fraction of sp³-hybridized carbons (Fsp3) is 0.400. The number of fused-ring (bicyclic) bond motifs is 1. The predicted molar refractivity (Wildman–Crippen MR) is 83.3 cm³/mol. The number of H-pyrrole nitrogens is 1. The summed E-state index contributed by atoms with van der Waals surface area (Å²) in [6.07, 6.45) is 6.93. The Morgan fingerprint density at radius 2 is 1.84 bits per heavy atom. The Hall–Kier alpha value is 1.12. The minimum Gasteiger partial charge on any atom is -0.361 e. The van der Waals surface area contributed by atoms with Gasteiger partial charge in [0.15, 0.2) is 0 Å². The largest absolute Gasteiger partial charge is 1.00 e. The van der Waals surface area contributed by atoms with Gasteiger partial charge in [-0.05, 0) is 62.9 Å². The van der Waals surface area contributed by atoms with Crippen LogP contribution in [0.1, 0.15) is 18.4 Å². The van der Waals surface area contributed by atoms with E-state index in [1.807, 2.05) is 0 Å². The zero-order valence-corrected chi connectivity index (χ0v) is 19.6.